The highest BCUT2D eigenvalue weighted by Gasteiger charge is 2.40. The van der Waals surface area contributed by atoms with Gasteiger partial charge in [-0.3, -0.25) is 9.59 Å². The second-order valence-electron chi connectivity index (χ2n) is 8.84. The maximum absolute atomic E-state index is 13.4. The van der Waals surface area contributed by atoms with E-state index < -0.39 is 5.82 Å². The maximum atomic E-state index is 13.4. The summed E-state index contributed by atoms with van der Waals surface area (Å²) in [7, 11) is 0. The molecule has 3 atom stereocenters. The lowest BCUT2D eigenvalue weighted by molar-refractivity contribution is -0.117. The topological polar surface area (TPSA) is 83.6 Å². The summed E-state index contributed by atoms with van der Waals surface area (Å²) in [6, 6.07) is 8.34. The van der Waals surface area contributed by atoms with Gasteiger partial charge < -0.3 is 20.3 Å². The number of ether oxygens (including phenoxy) is 1. The first-order chi connectivity index (χ1) is 15.9. The fraction of sp³-hybridized carbons (Fsp3) is 0.480. The number of nitrogens with zero attached hydrogens (tertiary/aromatic N) is 2. The van der Waals surface area contributed by atoms with Crippen molar-refractivity contribution < 1.29 is 18.7 Å². The molecule has 0 radical (unpaired) electrons. The molecule has 0 saturated carbocycles. The SMILES string of the molecule is CC[C@H]1[C@H](C)[C@@H](Nc2ccc(F)cn2)c2cc(C(=O)NC3CCOCC3)ccc2N1C(C)=O. The van der Waals surface area contributed by atoms with Crippen LogP contribution in [0, 0.1) is 11.7 Å². The molecule has 0 unspecified atom stereocenters. The van der Waals surface area contributed by atoms with Crippen molar-refractivity contribution in [1.82, 2.24) is 10.3 Å². The van der Waals surface area contributed by atoms with Crippen LogP contribution in [0.15, 0.2) is 36.5 Å². The maximum Gasteiger partial charge on any atom is 0.251 e. The number of rotatable bonds is 5. The van der Waals surface area contributed by atoms with Gasteiger partial charge in [0.15, 0.2) is 0 Å². The van der Waals surface area contributed by atoms with Crippen LogP contribution < -0.4 is 15.5 Å². The normalized spacial score (nSPS) is 23.0. The summed E-state index contributed by atoms with van der Waals surface area (Å²) in [5, 5.41) is 6.53. The molecule has 7 nitrogen and oxygen atoms in total. The molecule has 1 fully saturated rings. The summed E-state index contributed by atoms with van der Waals surface area (Å²) >= 11 is 0. The standard InChI is InChI=1S/C25H31FN4O3/c1-4-21-15(2)24(29-23-8-6-18(26)14-27-23)20-13-17(5-7-22(20)30(21)16(3)31)25(32)28-19-9-11-33-12-10-19/h5-8,13-15,19,21,24H,4,9-12H2,1-3H3,(H,27,29)(H,28,32)/t15-,21-,24+/m0/s1. The monoisotopic (exact) mass is 454 g/mol. The number of pyridine rings is 1. The number of nitrogens with one attached hydrogen (secondary N) is 2. The second-order valence-corrected chi connectivity index (χ2v) is 8.84. The molecule has 2 N–H and O–H groups in total. The van der Waals surface area contributed by atoms with Crippen LogP contribution >= 0.6 is 0 Å². The summed E-state index contributed by atoms with van der Waals surface area (Å²) in [6.07, 6.45) is 3.55. The van der Waals surface area contributed by atoms with E-state index in [-0.39, 0.29) is 35.9 Å². The minimum Gasteiger partial charge on any atom is -0.381 e. The molecule has 0 bridgehead atoms. The van der Waals surface area contributed by atoms with Crippen LogP contribution in [0.2, 0.25) is 0 Å². The van der Waals surface area contributed by atoms with Crippen molar-refractivity contribution in [1.29, 1.82) is 0 Å². The molecule has 4 rings (SSSR count). The molecule has 2 aliphatic heterocycles. The van der Waals surface area contributed by atoms with Crippen molar-refractivity contribution in [2.24, 2.45) is 5.92 Å². The van der Waals surface area contributed by atoms with E-state index in [2.05, 4.69) is 29.5 Å². The van der Waals surface area contributed by atoms with Crippen molar-refractivity contribution in [2.75, 3.05) is 23.4 Å². The van der Waals surface area contributed by atoms with Crippen LogP contribution in [-0.4, -0.2) is 42.1 Å². The molecule has 176 valence electrons. The van der Waals surface area contributed by atoms with Gasteiger partial charge in [0.1, 0.15) is 11.6 Å². The van der Waals surface area contributed by atoms with Crippen molar-refractivity contribution >= 4 is 23.3 Å². The third-order valence-corrected chi connectivity index (χ3v) is 6.69. The molecular weight excluding hydrogens is 423 g/mol. The van der Waals surface area contributed by atoms with Gasteiger partial charge in [0.2, 0.25) is 5.91 Å². The number of fused-ring (bicyclic) bond motifs is 1. The lowest BCUT2D eigenvalue weighted by atomic mass is 9.80. The molecule has 0 spiro atoms. The molecule has 1 aromatic heterocycles. The van der Waals surface area contributed by atoms with Crippen LogP contribution in [0.4, 0.5) is 15.9 Å². The Hall–Kier alpha value is -3.00. The van der Waals surface area contributed by atoms with Gasteiger partial charge in [0.25, 0.3) is 5.91 Å². The van der Waals surface area contributed by atoms with E-state index in [1.807, 2.05) is 17.0 Å². The van der Waals surface area contributed by atoms with Gasteiger partial charge in [0, 0.05) is 49.4 Å². The van der Waals surface area contributed by atoms with Crippen LogP contribution in [0.3, 0.4) is 0 Å². The number of carbonyl (C=O) groups excluding carboxylic acids is 2. The number of aromatic nitrogens is 1. The molecule has 3 heterocycles. The van der Waals surface area contributed by atoms with Crippen molar-refractivity contribution in [2.45, 2.75) is 58.2 Å². The fourth-order valence-electron chi connectivity index (χ4n) is 4.98. The van der Waals surface area contributed by atoms with Gasteiger partial charge in [-0.05, 0) is 55.2 Å². The van der Waals surface area contributed by atoms with Gasteiger partial charge in [-0.25, -0.2) is 9.37 Å². The fourth-order valence-corrected chi connectivity index (χ4v) is 4.98. The Morgan fingerprint density at radius 1 is 1.21 bits per heavy atom. The zero-order valence-electron chi connectivity index (χ0n) is 19.3. The van der Waals surface area contributed by atoms with Crippen LogP contribution in [0.25, 0.3) is 0 Å². The summed E-state index contributed by atoms with van der Waals surface area (Å²) in [5.74, 6) is 0.00376. The Morgan fingerprint density at radius 3 is 2.61 bits per heavy atom. The van der Waals surface area contributed by atoms with Gasteiger partial charge in [-0.15, -0.1) is 0 Å². The highest BCUT2D eigenvalue weighted by molar-refractivity contribution is 5.98. The number of hydrogen-bond acceptors (Lipinski definition) is 5. The molecule has 2 aromatic rings. The van der Waals surface area contributed by atoms with Gasteiger partial charge in [-0.1, -0.05) is 13.8 Å². The minimum absolute atomic E-state index is 0.0186. The minimum atomic E-state index is -0.404. The second kappa shape index (κ2) is 9.87. The van der Waals surface area contributed by atoms with Crippen LogP contribution in [-0.2, 0) is 9.53 Å². The van der Waals surface area contributed by atoms with Crippen molar-refractivity contribution in [3.8, 4) is 0 Å². The molecular formula is C25H31FN4O3. The van der Waals surface area contributed by atoms with Crippen LogP contribution in [0.5, 0.6) is 0 Å². The number of benzene rings is 1. The lowest BCUT2D eigenvalue weighted by Crippen LogP contribution is -2.49. The first-order valence-electron chi connectivity index (χ1n) is 11.6. The largest absolute Gasteiger partial charge is 0.381 e. The third-order valence-electron chi connectivity index (χ3n) is 6.69. The Balaban J connectivity index is 1.70. The summed E-state index contributed by atoms with van der Waals surface area (Å²) in [4.78, 5) is 31.6. The highest BCUT2D eigenvalue weighted by Crippen LogP contribution is 2.43. The first kappa shape index (κ1) is 23.2. The van der Waals surface area contributed by atoms with Crippen molar-refractivity contribution in [3.63, 3.8) is 0 Å². The quantitative estimate of drug-likeness (QED) is 0.712. The van der Waals surface area contributed by atoms with Crippen LogP contribution in [0.1, 0.15) is 62.0 Å². The number of anilines is 2. The average Bonchev–Trinajstić information content (AvgIpc) is 2.81. The van der Waals surface area contributed by atoms with E-state index in [1.165, 1.54) is 12.3 Å². The lowest BCUT2D eigenvalue weighted by Gasteiger charge is -2.45. The van der Waals surface area contributed by atoms with Gasteiger partial charge in [-0.2, -0.15) is 0 Å². The Labute approximate surface area is 193 Å². The summed E-state index contributed by atoms with van der Waals surface area (Å²) in [5.41, 5.74) is 2.19. The summed E-state index contributed by atoms with van der Waals surface area (Å²) < 4.78 is 18.8. The van der Waals surface area contributed by atoms with Gasteiger partial charge in [0.05, 0.1) is 12.2 Å². The molecule has 1 aromatic carbocycles. The smallest absolute Gasteiger partial charge is 0.251 e. The highest BCUT2D eigenvalue weighted by atomic mass is 19.1. The first-order valence-corrected chi connectivity index (χ1v) is 11.6. The summed E-state index contributed by atoms with van der Waals surface area (Å²) in [6.45, 7) is 7.01. The van der Waals surface area contributed by atoms with Gasteiger partial charge >= 0.3 is 0 Å². The van der Waals surface area contributed by atoms with E-state index in [4.69, 9.17) is 4.74 Å². The molecule has 0 aliphatic carbocycles. The molecule has 8 heteroatoms. The molecule has 33 heavy (non-hydrogen) atoms. The van der Waals surface area contributed by atoms with Crippen molar-refractivity contribution in [3.05, 3.63) is 53.5 Å². The van der Waals surface area contributed by atoms with E-state index in [1.54, 1.807) is 19.1 Å². The molecule has 2 aliphatic rings. The Kier molecular flexibility index (Phi) is 6.93. The van der Waals surface area contributed by atoms with E-state index in [0.717, 1.165) is 30.5 Å². The number of halogens is 1. The Morgan fingerprint density at radius 2 is 1.97 bits per heavy atom. The van der Waals surface area contributed by atoms with E-state index in [0.29, 0.717) is 24.6 Å². The number of amides is 2. The third kappa shape index (κ3) is 4.85. The molecule has 2 amide bonds. The van der Waals surface area contributed by atoms with E-state index >= 15 is 0 Å². The predicted octanol–water partition coefficient (Wildman–Crippen LogP) is 4.06. The Bertz CT molecular complexity index is 1010. The number of carbonyl (C=O) groups is 2. The zero-order chi connectivity index (χ0) is 23.5. The predicted molar refractivity (Wildman–Crippen MR) is 125 cm³/mol. The number of hydrogen-bond donors (Lipinski definition) is 2. The molecule has 1 saturated heterocycles. The van der Waals surface area contributed by atoms with E-state index in [9.17, 15) is 14.0 Å². The average molecular weight is 455 g/mol. The zero-order valence-corrected chi connectivity index (χ0v) is 19.3.